The maximum Gasteiger partial charge on any atom is 0.407 e. The van der Waals surface area contributed by atoms with E-state index in [-0.39, 0.29) is 23.7 Å². The van der Waals surface area contributed by atoms with Gasteiger partial charge in [0.05, 0.1) is 18.9 Å². The first-order valence-electron chi connectivity index (χ1n) is 12.8. The highest BCUT2D eigenvalue weighted by Crippen LogP contribution is 2.38. The molecule has 11 heteroatoms. The molecule has 4 heterocycles. The topological polar surface area (TPSA) is 128 Å². The lowest BCUT2D eigenvalue weighted by molar-refractivity contribution is 0.0967. The standard InChI is InChI=1S/C25H33N7O4/c1-25(7-8-25)28-24(33)36-17-4-3-16(11-17)19-12-20(30-29-19)27-18-5-9-26-21-22(18)32(2)31-23(21)35-14-15-6-10-34-13-15/h5,9,12,15-17H,3-4,6-8,10-11,13-14H2,1-2H3,(H,28,33)(H2,26,27,29,30)/t15?,16-,17+/m0/s1. The van der Waals surface area contributed by atoms with Crippen molar-refractivity contribution in [2.75, 3.05) is 25.1 Å². The summed E-state index contributed by atoms with van der Waals surface area (Å²) in [6, 6.07) is 3.93. The lowest BCUT2D eigenvalue weighted by Gasteiger charge is -2.16. The molecule has 3 aromatic heterocycles. The Kier molecular flexibility index (Phi) is 5.94. The van der Waals surface area contributed by atoms with Gasteiger partial charge in [-0.25, -0.2) is 9.78 Å². The van der Waals surface area contributed by atoms with E-state index < -0.39 is 0 Å². The zero-order chi connectivity index (χ0) is 24.7. The second-order valence-electron chi connectivity index (χ2n) is 10.6. The van der Waals surface area contributed by atoms with Crippen molar-refractivity contribution in [2.45, 2.75) is 63.0 Å². The van der Waals surface area contributed by atoms with Crippen LogP contribution < -0.4 is 15.4 Å². The highest BCUT2D eigenvalue weighted by molar-refractivity contribution is 5.92. The fraction of sp³-hybridized carbons (Fsp3) is 0.600. The monoisotopic (exact) mass is 495 g/mol. The van der Waals surface area contributed by atoms with Crippen LogP contribution in [0.5, 0.6) is 5.88 Å². The summed E-state index contributed by atoms with van der Waals surface area (Å²) in [5.41, 5.74) is 3.39. The number of pyridine rings is 1. The fourth-order valence-corrected chi connectivity index (χ4v) is 5.10. The summed E-state index contributed by atoms with van der Waals surface area (Å²) < 4.78 is 18.9. The molecule has 0 bridgehead atoms. The van der Waals surface area contributed by atoms with Gasteiger partial charge in [0.1, 0.15) is 11.6 Å². The first-order chi connectivity index (χ1) is 17.5. The van der Waals surface area contributed by atoms with E-state index in [4.69, 9.17) is 14.2 Å². The van der Waals surface area contributed by atoms with Gasteiger partial charge in [-0.3, -0.25) is 9.78 Å². The van der Waals surface area contributed by atoms with Crippen molar-refractivity contribution in [3.05, 3.63) is 24.0 Å². The third-order valence-corrected chi connectivity index (χ3v) is 7.53. The molecule has 0 aromatic carbocycles. The molecule has 3 atom stereocenters. The molecular weight excluding hydrogens is 462 g/mol. The molecule has 1 amide bonds. The van der Waals surface area contributed by atoms with E-state index in [1.165, 1.54) is 0 Å². The molecule has 1 aliphatic heterocycles. The van der Waals surface area contributed by atoms with Crippen LogP contribution in [-0.4, -0.2) is 62.5 Å². The lowest BCUT2D eigenvalue weighted by atomic mass is 10.0. The minimum atomic E-state index is -0.301. The van der Waals surface area contributed by atoms with Crippen molar-refractivity contribution in [2.24, 2.45) is 13.0 Å². The van der Waals surface area contributed by atoms with Crippen LogP contribution in [-0.2, 0) is 16.5 Å². The van der Waals surface area contributed by atoms with Crippen molar-refractivity contribution in [1.29, 1.82) is 0 Å². The van der Waals surface area contributed by atoms with Gasteiger partial charge in [0.2, 0.25) is 0 Å². The fourth-order valence-electron chi connectivity index (χ4n) is 5.10. The zero-order valence-electron chi connectivity index (χ0n) is 20.7. The molecule has 1 unspecified atom stereocenters. The van der Waals surface area contributed by atoms with Gasteiger partial charge >= 0.3 is 6.09 Å². The van der Waals surface area contributed by atoms with Gasteiger partial charge in [-0.05, 0) is 51.5 Å². The number of hydrogen-bond donors (Lipinski definition) is 3. The summed E-state index contributed by atoms with van der Waals surface area (Å²) in [7, 11) is 1.88. The van der Waals surface area contributed by atoms with Crippen molar-refractivity contribution < 1.29 is 19.0 Å². The summed E-state index contributed by atoms with van der Waals surface area (Å²) in [4.78, 5) is 16.7. The third kappa shape index (κ3) is 4.84. The number of aromatic amines is 1. The van der Waals surface area contributed by atoms with Crippen LogP contribution in [0.15, 0.2) is 18.3 Å². The number of anilines is 2. The zero-order valence-corrected chi connectivity index (χ0v) is 20.7. The minimum Gasteiger partial charge on any atom is -0.475 e. The number of hydrogen-bond acceptors (Lipinski definition) is 8. The number of H-pyrrole nitrogens is 1. The molecule has 11 nitrogen and oxygen atoms in total. The van der Waals surface area contributed by atoms with Gasteiger partial charge in [-0.1, -0.05) is 0 Å². The number of aryl methyl sites for hydroxylation is 1. The van der Waals surface area contributed by atoms with Crippen molar-refractivity contribution in [3.63, 3.8) is 0 Å². The minimum absolute atomic E-state index is 0.0664. The molecule has 3 aliphatic rings. The van der Waals surface area contributed by atoms with Gasteiger partial charge in [-0.15, -0.1) is 5.10 Å². The van der Waals surface area contributed by atoms with Gasteiger partial charge in [0.15, 0.2) is 11.3 Å². The van der Waals surface area contributed by atoms with E-state index in [1.54, 1.807) is 10.9 Å². The smallest absolute Gasteiger partial charge is 0.407 e. The predicted octanol–water partition coefficient (Wildman–Crippen LogP) is 3.77. The molecule has 6 rings (SSSR count). The highest BCUT2D eigenvalue weighted by Gasteiger charge is 2.40. The number of alkyl carbamates (subject to hydrolysis) is 1. The Morgan fingerprint density at radius 1 is 1.33 bits per heavy atom. The average molecular weight is 496 g/mol. The van der Waals surface area contributed by atoms with Crippen LogP contribution in [0.1, 0.15) is 57.1 Å². The Labute approximate surface area is 209 Å². The third-order valence-electron chi connectivity index (χ3n) is 7.53. The van der Waals surface area contributed by atoms with Crippen LogP contribution in [0, 0.1) is 5.92 Å². The lowest BCUT2D eigenvalue weighted by Crippen LogP contribution is -2.36. The summed E-state index contributed by atoms with van der Waals surface area (Å²) >= 11 is 0. The number of carbonyl (C=O) groups excluding carboxylic acids is 1. The van der Waals surface area contributed by atoms with Crippen LogP contribution in [0.3, 0.4) is 0 Å². The van der Waals surface area contributed by atoms with E-state index in [9.17, 15) is 4.79 Å². The number of carbonyl (C=O) groups is 1. The van der Waals surface area contributed by atoms with Crippen LogP contribution >= 0.6 is 0 Å². The first kappa shape index (κ1) is 23.1. The van der Waals surface area contributed by atoms with E-state index in [2.05, 4.69) is 30.9 Å². The Morgan fingerprint density at radius 2 is 2.22 bits per heavy atom. The Balaban J connectivity index is 1.10. The quantitative estimate of drug-likeness (QED) is 0.431. The average Bonchev–Trinajstić information content (AvgIpc) is 3.40. The van der Waals surface area contributed by atoms with E-state index in [1.807, 2.05) is 26.1 Å². The van der Waals surface area contributed by atoms with Gasteiger partial charge in [0, 0.05) is 49.0 Å². The van der Waals surface area contributed by atoms with Gasteiger partial charge in [-0.2, -0.15) is 5.10 Å². The molecule has 1 saturated heterocycles. The maximum atomic E-state index is 12.2. The largest absolute Gasteiger partial charge is 0.475 e. The Hall–Kier alpha value is -3.34. The highest BCUT2D eigenvalue weighted by atomic mass is 16.6. The van der Waals surface area contributed by atoms with Crippen LogP contribution in [0.2, 0.25) is 0 Å². The second-order valence-corrected chi connectivity index (χ2v) is 10.6. The van der Waals surface area contributed by atoms with Crippen LogP contribution in [0.4, 0.5) is 16.3 Å². The molecular formula is C25H33N7O4. The van der Waals surface area contributed by atoms with E-state index in [0.717, 1.165) is 68.6 Å². The first-order valence-corrected chi connectivity index (χ1v) is 12.8. The van der Waals surface area contributed by atoms with E-state index in [0.29, 0.717) is 29.7 Å². The molecule has 2 aliphatic carbocycles. The molecule has 3 N–H and O–H groups in total. The predicted molar refractivity (Wildman–Crippen MR) is 132 cm³/mol. The number of nitrogens with one attached hydrogen (secondary N) is 3. The number of nitrogens with zero attached hydrogens (tertiary/aromatic N) is 4. The SMILES string of the molecule is Cn1nc(OCC2CCOC2)c2nccc(Nc3cc([C@H]4CC[C@@H](OC(=O)NC5(C)CC5)C4)[nH]n3)c21. The molecule has 0 spiro atoms. The number of rotatable bonds is 8. The number of aromatic nitrogens is 5. The summed E-state index contributed by atoms with van der Waals surface area (Å²) in [6.07, 6.45) is 7.02. The maximum absolute atomic E-state index is 12.2. The van der Waals surface area contributed by atoms with Gasteiger partial charge in [0.25, 0.3) is 5.88 Å². The van der Waals surface area contributed by atoms with E-state index >= 15 is 0 Å². The Morgan fingerprint density at radius 3 is 3.03 bits per heavy atom. The van der Waals surface area contributed by atoms with Crippen molar-refractivity contribution in [3.8, 4) is 5.88 Å². The Bertz CT molecular complexity index is 1240. The molecule has 192 valence electrons. The molecule has 2 saturated carbocycles. The summed E-state index contributed by atoms with van der Waals surface area (Å²) in [5.74, 6) is 1.91. The molecule has 0 radical (unpaired) electrons. The molecule has 3 aromatic rings. The summed E-state index contributed by atoms with van der Waals surface area (Å²) in [5, 5.41) is 18.6. The van der Waals surface area contributed by atoms with Crippen LogP contribution in [0.25, 0.3) is 11.0 Å². The summed E-state index contributed by atoms with van der Waals surface area (Å²) in [6.45, 7) is 4.14. The van der Waals surface area contributed by atoms with Gasteiger partial charge < -0.3 is 24.8 Å². The number of ether oxygens (including phenoxy) is 3. The van der Waals surface area contributed by atoms with Crippen molar-refractivity contribution >= 4 is 28.6 Å². The molecule has 36 heavy (non-hydrogen) atoms. The number of amides is 1. The van der Waals surface area contributed by atoms with Crippen molar-refractivity contribution in [1.82, 2.24) is 30.3 Å². The second kappa shape index (κ2) is 9.27. The normalized spacial score (nSPS) is 24.7. The molecule has 3 fully saturated rings. The number of fused-ring (bicyclic) bond motifs is 1.